The van der Waals surface area contributed by atoms with E-state index in [2.05, 4.69) is 36.8 Å². The van der Waals surface area contributed by atoms with Gasteiger partial charge in [0.1, 0.15) is 0 Å². The monoisotopic (exact) mass is 191 g/mol. The molecule has 0 saturated carbocycles. The maximum atomic E-state index is 3.98. The summed E-state index contributed by atoms with van der Waals surface area (Å²) in [4.78, 5) is 2.38. The van der Waals surface area contributed by atoms with Crippen LogP contribution < -0.4 is 0 Å². The van der Waals surface area contributed by atoms with E-state index in [1.54, 1.807) is 0 Å². The van der Waals surface area contributed by atoms with Gasteiger partial charge >= 0.3 is 0 Å². The summed E-state index contributed by atoms with van der Waals surface area (Å²) in [6, 6.07) is 0. The van der Waals surface area contributed by atoms with E-state index >= 15 is 0 Å². The van der Waals surface area contributed by atoms with Crippen LogP contribution >= 0.6 is 0 Å². The van der Waals surface area contributed by atoms with Crippen molar-refractivity contribution in [2.45, 2.75) is 19.8 Å². The number of likely N-dealkylation sites (tertiary alicyclic amines) is 1. The smallest absolute Gasteiger partial charge is 0.00418 e. The first kappa shape index (κ1) is 11.3. The van der Waals surface area contributed by atoms with Crippen LogP contribution in [0.1, 0.15) is 19.8 Å². The van der Waals surface area contributed by atoms with E-state index in [9.17, 15) is 0 Å². The highest BCUT2D eigenvalue weighted by atomic mass is 15.1. The number of nitrogens with zero attached hydrogens (tertiary/aromatic N) is 1. The standard InChI is InChI=1S/C13H21N/c1-4-6-12(2)7-5-8-13-9-10-14(3)11-13/h4-6,8,13H,2,7,9-11H2,1,3H3/b6-4-,8-5+. The van der Waals surface area contributed by atoms with Gasteiger partial charge in [-0.2, -0.15) is 0 Å². The largest absolute Gasteiger partial charge is 0.306 e. The molecule has 0 bridgehead atoms. The van der Waals surface area contributed by atoms with Crippen molar-refractivity contribution in [3.63, 3.8) is 0 Å². The number of hydrogen-bond acceptors (Lipinski definition) is 1. The van der Waals surface area contributed by atoms with Gasteiger partial charge in [0.05, 0.1) is 0 Å². The van der Waals surface area contributed by atoms with Crippen LogP contribution in [0.4, 0.5) is 0 Å². The van der Waals surface area contributed by atoms with E-state index in [0.29, 0.717) is 0 Å². The molecule has 1 heteroatoms. The molecule has 1 rings (SSSR count). The van der Waals surface area contributed by atoms with Crippen LogP contribution in [0.5, 0.6) is 0 Å². The minimum atomic E-state index is 0.762. The van der Waals surface area contributed by atoms with Crippen LogP contribution in [-0.4, -0.2) is 25.0 Å². The molecule has 1 heterocycles. The minimum absolute atomic E-state index is 0.762. The third-order valence-electron chi connectivity index (χ3n) is 2.62. The second kappa shape index (κ2) is 5.82. The fourth-order valence-electron chi connectivity index (χ4n) is 1.84. The maximum absolute atomic E-state index is 3.98. The first-order valence-corrected chi connectivity index (χ1v) is 5.38. The van der Waals surface area contributed by atoms with Crippen LogP contribution in [-0.2, 0) is 0 Å². The molecule has 1 saturated heterocycles. The SMILES string of the molecule is C=C(/C=C\C)C/C=C/C1CCN(C)C1. The molecule has 14 heavy (non-hydrogen) atoms. The Bertz CT molecular complexity index is 238. The molecule has 0 aromatic carbocycles. The van der Waals surface area contributed by atoms with Gasteiger partial charge in [0.2, 0.25) is 0 Å². The van der Waals surface area contributed by atoms with Crippen molar-refractivity contribution >= 4 is 0 Å². The summed E-state index contributed by atoms with van der Waals surface area (Å²) in [5.41, 5.74) is 1.19. The Morgan fingerprint density at radius 3 is 2.93 bits per heavy atom. The lowest BCUT2D eigenvalue weighted by Crippen LogP contribution is -2.13. The predicted molar refractivity (Wildman–Crippen MR) is 63.3 cm³/mol. The van der Waals surface area contributed by atoms with Gasteiger partial charge in [0.15, 0.2) is 0 Å². The molecule has 0 amide bonds. The highest BCUT2D eigenvalue weighted by molar-refractivity contribution is 5.17. The Balaban J connectivity index is 2.23. The van der Waals surface area contributed by atoms with Gasteiger partial charge in [-0.05, 0) is 39.3 Å². The highest BCUT2D eigenvalue weighted by Gasteiger charge is 2.15. The molecule has 1 nitrogen and oxygen atoms in total. The summed E-state index contributed by atoms with van der Waals surface area (Å²) in [5, 5.41) is 0. The maximum Gasteiger partial charge on any atom is 0.00418 e. The van der Waals surface area contributed by atoms with Crippen molar-refractivity contribution < 1.29 is 0 Å². The molecule has 1 fully saturated rings. The van der Waals surface area contributed by atoms with Crippen molar-refractivity contribution in [1.29, 1.82) is 0 Å². The molecule has 0 radical (unpaired) electrons. The number of rotatable bonds is 4. The Morgan fingerprint density at radius 1 is 1.57 bits per heavy atom. The lowest BCUT2D eigenvalue weighted by atomic mass is 10.1. The summed E-state index contributed by atoms with van der Waals surface area (Å²) in [5.74, 6) is 0.762. The third kappa shape index (κ3) is 3.93. The molecule has 1 aliphatic heterocycles. The van der Waals surface area contributed by atoms with Crippen molar-refractivity contribution in [3.8, 4) is 0 Å². The molecule has 0 aromatic rings. The van der Waals surface area contributed by atoms with Crippen molar-refractivity contribution in [2.24, 2.45) is 5.92 Å². The first-order chi connectivity index (χ1) is 6.72. The molecule has 78 valence electrons. The molecule has 1 unspecified atom stereocenters. The summed E-state index contributed by atoms with van der Waals surface area (Å²) >= 11 is 0. The quantitative estimate of drug-likeness (QED) is 0.488. The third-order valence-corrected chi connectivity index (χ3v) is 2.62. The molecule has 1 aliphatic rings. The van der Waals surface area contributed by atoms with Gasteiger partial charge in [-0.3, -0.25) is 0 Å². The van der Waals surface area contributed by atoms with Crippen molar-refractivity contribution in [1.82, 2.24) is 4.90 Å². The van der Waals surface area contributed by atoms with Gasteiger partial charge in [-0.15, -0.1) is 0 Å². The number of allylic oxidation sites excluding steroid dienone is 4. The van der Waals surface area contributed by atoms with E-state index in [1.807, 2.05) is 13.0 Å². The van der Waals surface area contributed by atoms with Gasteiger partial charge in [0.25, 0.3) is 0 Å². The van der Waals surface area contributed by atoms with E-state index in [0.717, 1.165) is 12.3 Å². The second-order valence-corrected chi connectivity index (χ2v) is 4.10. The second-order valence-electron chi connectivity index (χ2n) is 4.10. The van der Waals surface area contributed by atoms with Gasteiger partial charge in [-0.25, -0.2) is 0 Å². The van der Waals surface area contributed by atoms with Crippen LogP contribution in [0.15, 0.2) is 36.5 Å². The fraction of sp³-hybridized carbons (Fsp3) is 0.538. The Labute approximate surface area is 87.8 Å². The molecular formula is C13H21N. The average Bonchev–Trinajstić information content (AvgIpc) is 2.52. The van der Waals surface area contributed by atoms with Gasteiger partial charge in [-0.1, -0.05) is 36.5 Å². The fourth-order valence-corrected chi connectivity index (χ4v) is 1.84. The minimum Gasteiger partial charge on any atom is -0.306 e. The summed E-state index contributed by atoms with van der Waals surface area (Å²) < 4.78 is 0. The predicted octanol–water partition coefficient (Wildman–Crippen LogP) is 3.02. The average molecular weight is 191 g/mol. The van der Waals surface area contributed by atoms with Crippen molar-refractivity contribution in [2.75, 3.05) is 20.1 Å². The normalized spacial score (nSPS) is 24.0. The number of hydrogen-bond donors (Lipinski definition) is 0. The van der Waals surface area contributed by atoms with Crippen LogP contribution in [0.3, 0.4) is 0 Å². The zero-order chi connectivity index (χ0) is 10.4. The Kier molecular flexibility index (Phi) is 4.68. The van der Waals surface area contributed by atoms with E-state index < -0.39 is 0 Å². The van der Waals surface area contributed by atoms with Crippen molar-refractivity contribution in [3.05, 3.63) is 36.5 Å². The Hall–Kier alpha value is -0.820. The molecule has 0 spiro atoms. The summed E-state index contributed by atoms with van der Waals surface area (Å²) in [6.45, 7) is 8.46. The molecule has 0 aromatic heterocycles. The molecule has 1 atom stereocenters. The van der Waals surface area contributed by atoms with Gasteiger partial charge < -0.3 is 4.90 Å². The van der Waals surface area contributed by atoms with E-state index in [-0.39, 0.29) is 0 Å². The Morgan fingerprint density at radius 2 is 2.36 bits per heavy atom. The van der Waals surface area contributed by atoms with Crippen LogP contribution in [0.2, 0.25) is 0 Å². The summed E-state index contributed by atoms with van der Waals surface area (Å²) in [6.07, 6.45) is 11.0. The lowest BCUT2D eigenvalue weighted by molar-refractivity contribution is 0.408. The van der Waals surface area contributed by atoms with E-state index in [1.165, 1.54) is 25.1 Å². The lowest BCUT2D eigenvalue weighted by Gasteiger charge is -2.05. The molecule has 0 N–H and O–H groups in total. The van der Waals surface area contributed by atoms with Crippen LogP contribution in [0.25, 0.3) is 0 Å². The van der Waals surface area contributed by atoms with E-state index in [4.69, 9.17) is 0 Å². The molecular weight excluding hydrogens is 170 g/mol. The zero-order valence-electron chi connectivity index (χ0n) is 9.37. The van der Waals surface area contributed by atoms with Crippen LogP contribution in [0, 0.1) is 5.92 Å². The summed E-state index contributed by atoms with van der Waals surface area (Å²) in [7, 11) is 2.19. The first-order valence-electron chi connectivity index (χ1n) is 5.38. The molecule has 0 aliphatic carbocycles. The zero-order valence-corrected chi connectivity index (χ0v) is 9.37. The topological polar surface area (TPSA) is 3.24 Å². The highest BCUT2D eigenvalue weighted by Crippen LogP contribution is 2.16. The van der Waals surface area contributed by atoms with Gasteiger partial charge in [0, 0.05) is 6.54 Å².